The lowest BCUT2D eigenvalue weighted by Crippen LogP contribution is -2.45. The highest BCUT2D eigenvalue weighted by atomic mass is 16.6. The van der Waals surface area contributed by atoms with Crippen LogP contribution in [0.2, 0.25) is 0 Å². The van der Waals surface area contributed by atoms with Crippen LogP contribution in [0.5, 0.6) is 0 Å². The topological polar surface area (TPSA) is 69.2 Å². The average Bonchev–Trinajstić information content (AvgIpc) is 2.39. The second-order valence-corrected chi connectivity index (χ2v) is 6.54. The van der Waals surface area contributed by atoms with E-state index < -0.39 is 0 Å². The van der Waals surface area contributed by atoms with E-state index in [4.69, 9.17) is 5.73 Å². The first kappa shape index (κ1) is 15.0. The fourth-order valence-electron chi connectivity index (χ4n) is 3.20. The molecule has 1 aliphatic carbocycles. The van der Waals surface area contributed by atoms with E-state index in [-0.39, 0.29) is 16.1 Å². The molecule has 0 spiro atoms. The van der Waals surface area contributed by atoms with Gasteiger partial charge in [-0.3, -0.25) is 10.1 Å². The molecule has 1 aromatic carbocycles. The van der Waals surface area contributed by atoms with E-state index in [2.05, 4.69) is 13.8 Å². The molecule has 0 saturated heterocycles. The lowest BCUT2D eigenvalue weighted by Gasteiger charge is -2.38. The molecule has 1 aromatic rings. The summed E-state index contributed by atoms with van der Waals surface area (Å²) in [6.07, 6.45) is 5.30. The number of hydrogen-bond acceptors (Lipinski definition) is 3. The van der Waals surface area contributed by atoms with Crippen LogP contribution in [0.3, 0.4) is 0 Å². The van der Waals surface area contributed by atoms with Crippen LogP contribution in [-0.2, 0) is 6.42 Å². The highest BCUT2D eigenvalue weighted by Crippen LogP contribution is 2.36. The minimum Gasteiger partial charge on any atom is -0.325 e. The Labute approximate surface area is 120 Å². The van der Waals surface area contributed by atoms with Crippen LogP contribution < -0.4 is 5.73 Å². The standard InChI is InChI=1S/C16H24N2O2/c1-12(2)14-7-9-16(17,10-8-14)11-13-3-5-15(6-4-13)18(19)20/h3-6,12,14H,7-11,17H2,1-2H3. The Kier molecular flexibility index (Phi) is 4.43. The Morgan fingerprint density at radius 3 is 2.30 bits per heavy atom. The molecule has 0 unspecified atom stereocenters. The molecule has 0 aromatic heterocycles. The van der Waals surface area contributed by atoms with Gasteiger partial charge < -0.3 is 5.73 Å². The molecule has 0 amide bonds. The Bertz CT molecular complexity index is 460. The summed E-state index contributed by atoms with van der Waals surface area (Å²) in [4.78, 5) is 10.3. The highest BCUT2D eigenvalue weighted by molar-refractivity contribution is 5.33. The van der Waals surface area contributed by atoms with Gasteiger partial charge in [-0.15, -0.1) is 0 Å². The molecule has 0 heterocycles. The lowest BCUT2D eigenvalue weighted by molar-refractivity contribution is -0.384. The maximum atomic E-state index is 10.6. The van der Waals surface area contributed by atoms with Crippen LogP contribution in [0, 0.1) is 22.0 Å². The molecule has 20 heavy (non-hydrogen) atoms. The molecular formula is C16H24N2O2. The van der Waals surface area contributed by atoms with Gasteiger partial charge in [-0.2, -0.15) is 0 Å². The largest absolute Gasteiger partial charge is 0.325 e. The summed E-state index contributed by atoms with van der Waals surface area (Å²) < 4.78 is 0. The van der Waals surface area contributed by atoms with Gasteiger partial charge in [0.2, 0.25) is 0 Å². The number of non-ortho nitro benzene ring substituents is 1. The van der Waals surface area contributed by atoms with Crippen molar-refractivity contribution in [2.45, 2.75) is 51.5 Å². The summed E-state index contributed by atoms with van der Waals surface area (Å²) in [7, 11) is 0. The van der Waals surface area contributed by atoms with Gasteiger partial charge in [0.25, 0.3) is 5.69 Å². The molecule has 2 N–H and O–H groups in total. The smallest absolute Gasteiger partial charge is 0.269 e. The summed E-state index contributed by atoms with van der Waals surface area (Å²) in [6, 6.07) is 6.80. The van der Waals surface area contributed by atoms with Gasteiger partial charge in [0.1, 0.15) is 0 Å². The number of nitro benzene ring substituents is 1. The molecule has 2 rings (SSSR count). The van der Waals surface area contributed by atoms with Crippen molar-refractivity contribution in [1.29, 1.82) is 0 Å². The summed E-state index contributed by atoms with van der Waals surface area (Å²) in [6.45, 7) is 4.56. The Balaban J connectivity index is 1.97. The summed E-state index contributed by atoms with van der Waals surface area (Å²) >= 11 is 0. The molecule has 4 heteroatoms. The van der Waals surface area contributed by atoms with Crippen LogP contribution in [-0.4, -0.2) is 10.5 Å². The zero-order valence-corrected chi connectivity index (χ0v) is 12.3. The van der Waals surface area contributed by atoms with Crippen molar-refractivity contribution in [3.63, 3.8) is 0 Å². The van der Waals surface area contributed by atoms with Gasteiger partial charge >= 0.3 is 0 Å². The van der Waals surface area contributed by atoms with E-state index in [1.165, 1.54) is 12.8 Å². The molecule has 0 aliphatic heterocycles. The first-order valence-corrected chi connectivity index (χ1v) is 7.42. The zero-order valence-electron chi connectivity index (χ0n) is 12.3. The number of rotatable bonds is 4. The second-order valence-electron chi connectivity index (χ2n) is 6.54. The van der Waals surface area contributed by atoms with E-state index in [1.54, 1.807) is 12.1 Å². The summed E-state index contributed by atoms with van der Waals surface area (Å²) in [5.74, 6) is 1.53. The Hall–Kier alpha value is -1.42. The van der Waals surface area contributed by atoms with Gasteiger partial charge in [-0.25, -0.2) is 0 Å². The molecule has 0 radical (unpaired) electrons. The Morgan fingerprint density at radius 2 is 1.85 bits per heavy atom. The minimum atomic E-state index is -0.365. The molecule has 110 valence electrons. The molecular weight excluding hydrogens is 252 g/mol. The van der Waals surface area contributed by atoms with E-state index >= 15 is 0 Å². The average molecular weight is 276 g/mol. The fourth-order valence-corrected chi connectivity index (χ4v) is 3.20. The number of nitrogens with two attached hydrogens (primary N) is 1. The summed E-state index contributed by atoms with van der Waals surface area (Å²) in [5.41, 5.74) is 7.62. The van der Waals surface area contributed by atoms with Crippen LogP contribution in [0.4, 0.5) is 5.69 Å². The molecule has 0 bridgehead atoms. The number of nitro groups is 1. The molecule has 1 aliphatic rings. The van der Waals surface area contributed by atoms with Gasteiger partial charge in [-0.1, -0.05) is 26.0 Å². The normalized spacial score (nSPS) is 26.7. The van der Waals surface area contributed by atoms with Gasteiger partial charge in [0.15, 0.2) is 0 Å². The van der Waals surface area contributed by atoms with Crippen molar-refractivity contribution in [2.24, 2.45) is 17.6 Å². The number of hydrogen-bond donors (Lipinski definition) is 1. The van der Waals surface area contributed by atoms with Crippen LogP contribution in [0.15, 0.2) is 24.3 Å². The SMILES string of the molecule is CC(C)C1CCC(N)(Cc2ccc([N+](=O)[O-])cc2)CC1. The maximum absolute atomic E-state index is 10.6. The molecule has 4 nitrogen and oxygen atoms in total. The van der Waals surface area contributed by atoms with Gasteiger partial charge in [0.05, 0.1) is 4.92 Å². The van der Waals surface area contributed by atoms with E-state index in [9.17, 15) is 10.1 Å². The van der Waals surface area contributed by atoms with Crippen molar-refractivity contribution < 1.29 is 4.92 Å². The predicted octanol–water partition coefficient (Wildman–Crippen LogP) is 3.68. The van der Waals surface area contributed by atoms with E-state index in [1.807, 2.05) is 12.1 Å². The number of benzene rings is 1. The van der Waals surface area contributed by atoms with Crippen molar-refractivity contribution in [3.8, 4) is 0 Å². The third-order valence-electron chi connectivity index (χ3n) is 4.67. The first-order valence-electron chi connectivity index (χ1n) is 7.42. The van der Waals surface area contributed by atoms with E-state index in [0.29, 0.717) is 0 Å². The lowest BCUT2D eigenvalue weighted by atomic mass is 9.71. The minimum absolute atomic E-state index is 0.137. The highest BCUT2D eigenvalue weighted by Gasteiger charge is 2.32. The first-order chi connectivity index (χ1) is 9.39. The third-order valence-corrected chi connectivity index (χ3v) is 4.67. The maximum Gasteiger partial charge on any atom is 0.269 e. The summed E-state index contributed by atoms with van der Waals surface area (Å²) in [5, 5.41) is 10.6. The predicted molar refractivity (Wildman–Crippen MR) is 80.5 cm³/mol. The zero-order chi connectivity index (χ0) is 14.8. The van der Waals surface area contributed by atoms with Crippen LogP contribution >= 0.6 is 0 Å². The molecule has 1 fully saturated rings. The quantitative estimate of drug-likeness (QED) is 0.673. The van der Waals surface area contributed by atoms with Crippen LogP contribution in [0.1, 0.15) is 45.1 Å². The molecule has 0 atom stereocenters. The molecule has 1 saturated carbocycles. The third kappa shape index (κ3) is 3.57. The second kappa shape index (κ2) is 5.92. The van der Waals surface area contributed by atoms with Crippen molar-refractivity contribution in [1.82, 2.24) is 0 Å². The van der Waals surface area contributed by atoms with Crippen molar-refractivity contribution >= 4 is 5.69 Å². The Morgan fingerprint density at radius 1 is 1.30 bits per heavy atom. The monoisotopic (exact) mass is 276 g/mol. The van der Waals surface area contributed by atoms with Crippen molar-refractivity contribution in [2.75, 3.05) is 0 Å². The van der Waals surface area contributed by atoms with Gasteiger partial charge in [-0.05, 0) is 49.5 Å². The van der Waals surface area contributed by atoms with Gasteiger partial charge in [0, 0.05) is 17.7 Å². The number of nitrogens with zero attached hydrogens (tertiary/aromatic N) is 1. The van der Waals surface area contributed by atoms with Crippen molar-refractivity contribution in [3.05, 3.63) is 39.9 Å². The van der Waals surface area contributed by atoms with E-state index in [0.717, 1.165) is 36.7 Å². The van der Waals surface area contributed by atoms with Crippen LogP contribution in [0.25, 0.3) is 0 Å². The fraction of sp³-hybridized carbons (Fsp3) is 0.625.